The molecule has 0 aliphatic carbocycles. The maximum absolute atomic E-state index is 6.34. The van der Waals surface area contributed by atoms with Crippen LogP contribution in [0.4, 0.5) is 5.95 Å². The minimum Gasteiger partial charge on any atom is -0.338 e. The Labute approximate surface area is 116 Å². The first kappa shape index (κ1) is 13.8. The first-order valence-corrected chi connectivity index (χ1v) is 10.6. The molecule has 2 rings (SSSR count). The number of rotatable bonds is 2. The average molecular weight is 284 g/mol. The van der Waals surface area contributed by atoms with Crippen LogP contribution in [0.2, 0.25) is 24.8 Å². The molecule has 0 radical (unpaired) electrons. The summed E-state index contributed by atoms with van der Waals surface area (Å²) in [5.74, 6) is 0.800. The van der Waals surface area contributed by atoms with Crippen LogP contribution >= 0.6 is 11.6 Å². The van der Waals surface area contributed by atoms with Gasteiger partial charge in [0.15, 0.2) is 0 Å². The van der Waals surface area contributed by atoms with E-state index < -0.39 is 8.07 Å². The second-order valence-corrected chi connectivity index (χ2v) is 11.6. The van der Waals surface area contributed by atoms with Gasteiger partial charge in [0.2, 0.25) is 5.95 Å². The maximum Gasteiger partial charge on any atom is 0.226 e. The van der Waals surface area contributed by atoms with E-state index in [9.17, 15) is 0 Å². The molecule has 3 nitrogen and oxygen atoms in total. The lowest BCUT2D eigenvalue weighted by Crippen LogP contribution is -2.42. The summed E-state index contributed by atoms with van der Waals surface area (Å²) in [6.07, 6.45) is 5.69. The molecule has 0 N–H and O–H groups in total. The molecule has 1 saturated heterocycles. The zero-order chi connectivity index (χ0) is 13.3. The maximum atomic E-state index is 6.34. The molecule has 1 aliphatic heterocycles. The van der Waals surface area contributed by atoms with Crippen molar-refractivity contribution in [2.24, 2.45) is 0 Å². The van der Waals surface area contributed by atoms with Crippen molar-refractivity contribution in [3.05, 3.63) is 11.3 Å². The van der Waals surface area contributed by atoms with Crippen LogP contribution in [-0.2, 0) is 0 Å². The second kappa shape index (κ2) is 5.17. The Balaban J connectivity index is 2.28. The summed E-state index contributed by atoms with van der Waals surface area (Å²) in [4.78, 5) is 11.4. The zero-order valence-corrected chi connectivity index (χ0v) is 13.5. The third kappa shape index (κ3) is 2.86. The molecule has 2 heterocycles. The molecular weight excluding hydrogens is 262 g/mol. The molecule has 1 aliphatic rings. The SMILES string of the molecule is CC1CCCCN1c1ncc([Si](C)(C)C)c(Cl)n1. The van der Waals surface area contributed by atoms with E-state index in [1.54, 1.807) is 0 Å². The molecule has 5 heteroatoms. The van der Waals surface area contributed by atoms with Gasteiger partial charge in [0, 0.05) is 18.8 Å². The van der Waals surface area contributed by atoms with E-state index in [-0.39, 0.29) is 0 Å². The lowest BCUT2D eigenvalue weighted by atomic mass is 10.0. The van der Waals surface area contributed by atoms with E-state index in [0.717, 1.165) is 17.7 Å². The van der Waals surface area contributed by atoms with Crippen LogP contribution in [0.1, 0.15) is 26.2 Å². The molecule has 100 valence electrons. The minimum atomic E-state index is -1.44. The predicted molar refractivity (Wildman–Crippen MR) is 80.7 cm³/mol. The van der Waals surface area contributed by atoms with Crippen molar-refractivity contribution in [2.45, 2.75) is 51.9 Å². The zero-order valence-electron chi connectivity index (χ0n) is 11.7. The highest BCUT2D eigenvalue weighted by Gasteiger charge is 2.25. The standard InChI is InChI=1S/C13H22ClN3Si/c1-10-7-5-6-8-17(10)13-15-9-11(12(14)16-13)18(2,3)4/h9-10H,5-8H2,1-4H3. The van der Waals surface area contributed by atoms with Crippen LogP contribution in [0.25, 0.3) is 0 Å². The first-order chi connectivity index (χ1) is 8.39. The van der Waals surface area contributed by atoms with Crippen molar-refractivity contribution >= 4 is 30.8 Å². The van der Waals surface area contributed by atoms with Crippen molar-refractivity contribution in [2.75, 3.05) is 11.4 Å². The van der Waals surface area contributed by atoms with Crippen molar-refractivity contribution in [3.8, 4) is 0 Å². The van der Waals surface area contributed by atoms with Gasteiger partial charge < -0.3 is 4.90 Å². The van der Waals surface area contributed by atoms with Crippen LogP contribution in [0.3, 0.4) is 0 Å². The highest BCUT2D eigenvalue weighted by molar-refractivity contribution is 6.90. The first-order valence-electron chi connectivity index (χ1n) is 6.69. The van der Waals surface area contributed by atoms with Crippen LogP contribution in [0.5, 0.6) is 0 Å². The van der Waals surface area contributed by atoms with E-state index in [1.807, 2.05) is 6.20 Å². The number of aromatic nitrogens is 2. The predicted octanol–water partition coefficient (Wildman–Crippen LogP) is 3.05. The molecule has 1 aromatic rings. The quantitative estimate of drug-likeness (QED) is 0.617. The van der Waals surface area contributed by atoms with E-state index in [2.05, 4.69) is 41.4 Å². The van der Waals surface area contributed by atoms with Crippen molar-refractivity contribution in [3.63, 3.8) is 0 Å². The van der Waals surface area contributed by atoms with Gasteiger partial charge >= 0.3 is 0 Å². The third-order valence-corrected chi connectivity index (χ3v) is 6.03. The van der Waals surface area contributed by atoms with Crippen LogP contribution < -0.4 is 10.1 Å². The van der Waals surface area contributed by atoms with Gasteiger partial charge in [-0.1, -0.05) is 31.2 Å². The van der Waals surface area contributed by atoms with Crippen molar-refractivity contribution in [1.82, 2.24) is 9.97 Å². The Morgan fingerprint density at radius 3 is 2.61 bits per heavy atom. The summed E-state index contributed by atoms with van der Waals surface area (Å²) in [7, 11) is -1.44. The molecular formula is C13H22ClN3Si. The van der Waals surface area contributed by atoms with Gasteiger partial charge in [0.1, 0.15) is 5.15 Å². The van der Waals surface area contributed by atoms with Gasteiger partial charge in [-0.2, -0.15) is 0 Å². The van der Waals surface area contributed by atoms with Crippen LogP contribution in [0, 0.1) is 0 Å². The normalized spacial score (nSPS) is 21.2. The molecule has 1 aromatic heterocycles. The highest BCUT2D eigenvalue weighted by atomic mass is 35.5. The van der Waals surface area contributed by atoms with Crippen molar-refractivity contribution in [1.29, 1.82) is 0 Å². The second-order valence-electron chi connectivity index (χ2n) is 6.16. The molecule has 1 unspecified atom stereocenters. The van der Waals surface area contributed by atoms with E-state index >= 15 is 0 Å². The van der Waals surface area contributed by atoms with Gasteiger partial charge in [0.05, 0.1) is 8.07 Å². The van der Waals surface area contributed by atoms with Gasteiger partial charge in [-0.25, -0.2) is 9.97 Å². The highest BCUT2D eigenvalue weighted by Crippen LogP contribution is 2.22. The lowest BCUT2D eigenvalue weighted by Gasteiger charge is -2.33. The monoisotopic (exact) mass is 283 g/mol. The summed E-state index contributed by atoms with van der Waals surface area (Å²) in [5, 5.41) is 1.80. The molecule has 0 spiro atoms. The lowest BCUT2D eigenvalue weighted by molar-refractivity contribution is 0.477. The van der Waals surface area contributed by atoms with Gasteiger partial charge in [-0.3, -0.25) is 0 Å². The Bertz CT molecular complexity index is 431. The Morgan fingerprint density at radius 2 is 2.06 bits per heavy atom. The van der Waals surface area contributed by atoms with Gasteiger partial charge in [0.25, 0.3) is 0 Å². The largest absolute Gasteiger partial charge is 0.338 e. The van der Waals surface area contributed by atoms with E-state index in [4.69, 9.17) is 11.6 Å². The number of anilines is 1. The van der Waals surface area contributed by atoms with E-state index in [0.29, 0.717) is 11.2 Å². The fourth-order valence-corrected chi connectivity index (χ4v) is 4.49. The molecule has 0 aromatic carbocycles. The molecule has 0 amide bonds. The minimum absolute atomic E-state index is 0.521. The molecule has 1 fully saturated rings. The Morgan fingerprint density at radius 1 is 1.33 bits per heavy atom. The third-order valence-electron chi connectivity index (χ3n) is 3.60. The number of hydrogen-bond acceptors (Lipinski definition) is 3. The fourth-order valence-electron chi connectivity index (χ4n) is 2.39. The smallest absolute Gasteiger partial charge is 0.226 e. The Hall–Kier alpha value is -0.613. The molecule has 0 saturated carbocycles. The molecule has 0 bridgehead atoms. The summed E-state index contributed by atoms with van der Waals surface area (Å²) in [5.41, 5.74) is 0. The topological polar surface area (TPSA) is 29.0 Å². The average Bonchev–Trinajstić information content (AvgIpc) is 2.27. The molecule has 1 atom stereocenters. The van der Waals surface area contributed by atoms with Crippen molar-refractivity contribution < 1.29 is 0 Å². The van der Waals surface area contributed by atoms with E-state index in [1.165, 1.54) is 19.3 Å². The summed E-state index contributed by atoms with van der Waals surface area (Å²) in [6.45, 7) is 10.1. The number of hydrogen-bond donors (Lipinski definition) is 0. The number of halogens is 1. The number of nitrogens with zero attached hydrogens (tertiary/aromatic N) is 3. The van der Waals surface area contributed by atoms with Crippen LogP contribution in [-0.4, -0.2) is 30.6 Å². The summed E-state index contributed by atoms with van der Waals surface area (Å²) < 4.78 is 0. The Kier molecular flexibility index (Phi) is 3.97. The molecule has 18 heavy (non-hydrogen) atoms. The van der Waals surface area contributed by atoms with Gasteiger partial charge in [-0.15, -0.1) is 0 Å². The number of piperidine rings is 1. The summed E-state index contributed by atoms with van der Waals surface area (Å²) in [6, 6.07) is 0.521. The fraction of sp³-hybridized carbons (Fsp3) is 0.692. The summed E-state index contributed by atoms with van der Waals surface area (Å²) >= 11 is 6.34. The van der Waals surface area contributed by atoms with Gasteiger partial charge in [-0.05, 0) is 31.4 Å². The van der Waals surface area contributed by atoms with Crippen LogP contribution in [0.15, 0.2) is 6.20 Å².